The van der Waals surface area contributed by atoms with Crippen molar-refractivity contribution in [3.63, 3.8) is 0 Å². The minimum Gasteiger partial charge on any atom is -0.459 e. The lowest BCUT2D eigenvalue weighted by Gasteiger charge is -2.39. The van der Waals surface area contributed by atoms with E-state index in [0.29, 0.717) is 24.8 Å². The number of hydrogen-bond donors (Lipinski definition) is 1. The second-order valence-corrected chi connectivity index (χ2v) is 6.17. The van der Waals surface area contributed by atoms with E-state index in [-0.39, 0.29) is 18.1 Å². The van der Waals surface area contributed by atoms with Crippen LogP contribution in [0.25, 0.3) is 0 Å². The average molecular weight is 328 g/mol. The van der Waals surface area contributed by atoms with Crippen LogP contribution in [0, 0.1) is 5.92 Å². The lowest BCUT2D eigenvalue weighted by molar-refractivity contribution is -0.00175. The number of morpholine rings is 1. The van der Waals surface area contributed by atoms with Crippen molar-refractivity contribution in [1.29, 1.82) is 0 Å². The SMILES string of the molecule is O=C(NC[C@@H]1CC[C@H]2[C@@H]1OCCN2c1ncccn1)c1ccco1. The molecule has 1 aliphatic heterocycles. The van der Waals surface area contributed by atoms with Crippen LogP contribution in [0.3, 0.4) is 0 Å². The van der Waals surface area contributed by atoms with Crippen molar-refractivity contribution in [2.45, 2.75) is 25.0 Å². The third kappa shape index (κ3) is 2.87. The van der Waals surface area contributed by atoms with E-state index in [4.69, 9.17) is 9.15 Å². The minimum atomic E-state index is -0.178. The highest BCUT2D eigenvalue weighted by Crippen LogP contribution is 2.35. The van der Waals surface area contributed by atoms with Gasteiger partial charge in [-0.25, -0.2) is 9.97 Å². The molecule has 1 aliphatic carbocycles. The quantitative estimate of drug-likeness (QED) is 0.916. The molecule has 3 heterocycles. The first kappa shape index (κ1) is 15.1. The Morgan fingerprint density at radius 2 is 2.17 bits per heavy atom. The van der Waals surface area contributed by atoms with Gasteiger partial charge >= 0.3 is 0 Å². The van der Waals surface area contributed by atoms with Crippen LogP contribution in [0.15, 0.2) is 41.3 Å². The largest absolute Gasteiger partial charge is 0.459 e. The Hall–Kier alpha value is -2.41. The summed E-state index contributed by atoms with van der Waals surface area (Å²) in [5.41, 5.74) is 0. The van der Waals surface area contributed by atoms with Gasteiger partial charge in [0.2, 0.25) is 5.95 Å². The zero-order valence-corrected chi connectivity index (χ0v) is 13.3. The van der Waals surface area contributed by atoms with Gasteiger partial charge in [0, 0.05) is 31.4 Å². The standard InChI is InChI=1S/C17H20N4O3/c22-16(14-3-1-9-23-14)20-11-12-4-5-13-15(12)24-10-8-21(13)17-18-6-2-7-19-17/h1-3,6-7,9,12-13,15H,4-5,8,10-11H2,(H,20,22)/t12-,13-,15+/m0/s1. The first-order valence-electron chi connectivity index (χ1n) is 8.30. The molecule has 1 amide bonds. The molecule has 4 rings (SSSR count). The molecule has 0 bridgehead atoms. The fourth-order valence-electron chi connectivity index (χ4n) is 3.69. The Morgan fingerprint density at radius 1 is 1.29 bits per heavy atom. The number of anilines is 1. The summed E-state index contributed by atoms with van der Waals surface area (Å²) in [7, 11) is 0. The van der Waals surface area contributed by atoms with E-state index in [2.05, 4.69) is 20.2 Å². The third-order valence-electron chi connectivity index (χ3n) is 4.80. The first-order valence-corrected chi connectivity index (χ1v) is 8.30. The summed E-state index contributed by atoms with van der Waals surface area (Å²) in [6.45, 7) is 2.04. The Balaban J connectivity index is 1.40. The lowest BCUT2D eigenvalue weighted by atomic mass is 10.0. The van der Waals surface area contributed by atoms with Crippen molar-refractivity contribution in [2.75, 3.05) is 24.6 Å². The number of hydrogen-bond acceptors (Lipinski definition) is 6. The van der Waals surface area contributed by atoms with E-state index in [1.54, 1.807) is 24.5 Å². The van der Waals surface area contributed by atoms with E-state index in [0.717, 1.165) is 25.3 Å². The Labute approximate surface area is 140 Å². The smallest absolute Gasteiger partial charge is 0.286 e. The van der Waals surface area contributed by atoms with Crippen LogP contribution in [-0.4, -0.2) is 47.7 Å². The first-order chi connectivity index (χ1) is 11.8. The van der Waals surface area contributed by atoms with Gasteiger partial charge in [-0.3, -0.25) is 4.79 Å². The molecule has 3 atom stereocenters. The molecule has 7 nitrogen and oxygen atoms in total. The van der Waals surface area contributed by atoms with Gasteiger partial charge in [0.15, 0.2) is 5.76 Å². The molecule has 1 N–H and O–H groups in total. The molecular formula is C17H20N4O3. The maximum absolute atomic E-state index is 12.0. The summed E-state index contributed by atoms with van der Waals surface area (Å²) < 4.78 is 11.1. The van der Waals surface area contributed by atoms with Crippen molar-refractivity contribution < 1.29 is 13.9 Å². The van der Waals surface area contributed by atoms with E-state index in [1.807, 2.05) is 6.07 Å². The molecule has 2 aromatic rings. The molecule has 2 aliphatic rings. The molecule has 126 valence electrons. The Morgan fingerprint density at radius 3 is 2.96 bits per heavy atom. The highest BCUT2D eigenvalue weighted by molar-refractivity contribution is 5.91. The Kier molecular flexibility index (Phi) is 4.17. The molecule has 2 aromatic heterocycles. The molecule has 2 fully saturated rings. The maximum Gasteiger partial charge on any atom is 0.286 e. The van der Waals surface area contributed by atoms with Crippen molar-refractivity contribution in [3.8, 4) is 0 Å². The van der Waals surface area contributed by atoms with Crippen molar-refractivity contribution in [2.24, 2.45) is 5.92 Å². The molecule has 1 saturated carbocycles. The van der Waals surface area contributed by atoms with Gasteiger partial charge in [-0.05, 0) is 31.0 Å². The summed E-state index contributed by atoms with van der Waals surface area (Å²) in [6.07, 6.45) is 7.16. The zero-order chi connectivity index (χ0) is 16.4. The summed E-state index contributed by atoms with van der Waals surface area (Å²) in [5.74, 6) is 1.22. The van der Waals surface area contributed by atoms with Crippen LogP contribution < -0.4 is 10.2 Å². The predicted octanol–water partition coefficient (Wildman–Crippen LogP) is 1.48. The minimum absolute atomic E-state index is 0.0967. The summed E-state index contributed by atoms with van der Waals surface area (Å²) in [6, 6.07) is 5.47. The lowest BCUT2D eigenvalue weighted by Crippen LogP contribution is -2.52. The number of ether oxygens (including phenoxy) is 1. The molecular weight excluding hydrogens is 308 g/mol. The van der Waals surface area contributed by atoms with E-state index >= 15 is 0 Å². The summed E-state index contributed by atoms with van der Waals surface area (Å²) in [4.78, 5) is 23.0. The zero-order valence-electron chi connectivity index (χ0n) is 13.3. The molecule has 0 aromatic carbocycles. The fraction of sp³-hybridized carbons (Fsp3) is 0.471. The number of nitrogens with one attached hydrogen (secondary N) is 1. The number of amides is 1. The van der Waals surface area contributed by atoms with E-state index in [1.165, 1.54) is 6.26 Å². The van der Waals surface area contributed by atoms with Crippen LogP contribution in [0.2, 0.25) is 0 Å². The number of aromatic nitrogens is 2. The predicted molar refractivity (Wildman–Crippen MR) is 86.7 cm³/mol. The number of fused-ring (bicyclic) bond motifs is 1. The Bertz CT molecular complexity index is 676. The molecule has 7 heteroatoms. The van der Waals surface area contributed by atoms with Gasteiger partial charge in [-0.15, -0.1) is 0 Å². The number of rotatable bonds is 4. The van der Waals surface area contributed by atoms with Crippen molar-refractivity contribution >= 4 is 11.9 Å². The number of carbonyl (C=O) groups is 1. The van der Waals surface area contributed by atoms with Gasteiger partial charge in [-0.1, -0.05) is 0 Å². The monoisotopic (exact) mass is 328 g/mol. The molecule has 24 heavy (non-hydrogen) atoms. The van der Waals surface area contributed by atoms with E-state index in [9.17, 15) is 4.79 Å². The highest BCUT2D eigenvalue weighted by Gasteiger charge is 2.43. The van der Waals surface area contributed by atoms with E-state index < -0.39 is 0 Å². The fourth-order valence-corrected chi connectivity index (χ4v) is 3.69. The number of carbonyl (C=O) groups excluding carboxylic acids is 1. The average Bonchev–Trinajstić information content (AvgIpc) is 3.30. The van der Waals surface area contributed by atoms with Crippen LogP contribution in [0.5, 0.6) is 0 Å². The van der Waals surface area contributed by atoms with Gasteiger partial charge in [-0.2, -0.15) is 0 Å². The number of nitrogens with zero attached hydrogens (tertiary/aromatic N) is 3. The molecule has 0 radical (unpaired) electrons. The van der Waals surface area contributed by atoms with Crippen LogP contribution in [0.4, 0.5) is 5.95 Å². The van der Waals surface area contributed by atoms with Crippen LogP contribution in [0.1, 0.15) is 23.4 Å². The maximum atomic E-state index is 12.0. The van der Waals surface area contributed by atoms with Gasteiger partial charge in [0.25, 0.3) is 5.91 Å². The van der Waals surface area contributed by atoms with Crippen LogP contribution >= 0.6 is 0 Å². The second-order valence-electron chi connectivity index (χ2n) is 6.17. The topological polar surface area (TPSA) is 80.5 Å². The molecule has 1 saturated heterocycles. The van der Waals surface area contributed by atoms with Gasteiger partial charge < -0.3 is 19.4 Å². The van der Waals surface area contributed by atoms with Crippen molar-refractivity contribution in [3.05, 3.63) is 42.6 Å². The second kappa shape index (κ2) is 6.60. The summed E-state index contributed by atoms with van der Waals surface area (Å²) in [5, 5.41) is 2.95. The molecule has 0 unspecified atom stereocenters. The highest BCUT2D eigenvalue weighted by atomic mass is 16.5. The van der Waals surface area contributed by atoms with Crippen LogP contribution in [-0.2, 0) is 4.74 Å². The summed E-state index contributed by atoms with van der Waals surface area (Å²) >= 11 is 0. The normalized spacial score (nSPS) is 26.2. The van der Waals surface area contributed by atoms with Gasteiger partial charge in [0.1, 0.15) is 0 Å². The third-order valence-corrected chi connectivity index (χ3v) is 4.80. The number of furan rings is 1. The van der Waals surface area contributed by atoms with Gasteiger partial charge in [0.05, 0.1) is 25.0 Å². The molecule has 0 spiro atoms. The van der Waals surface area contributed by atoms with Crippen molar-refractivity contribution in [1.82, 2.24) is 15.3 Å².